The van der Waals surface area contributed by atoms with E-state index in [1.807, 2.05) is 11.3 Å². The number of piperidine rings is 1. The first-order chi connectivity index (χ1) is 8.72. The van der Waals surface area contributed by atoms with Crippen molar-refractivity contribution < 1.29 is 0 Å². The molecular weight excluding hydrogens is 242 g/mol. The van der Waals surface area contributed by atoms with E-state index >= 15 is 0 Å². The Morgan fingerprint density at radius 1 is 1.61 bits per heavy atom. The smallest absolute Gasteiger partial charge is 0.0931 e. The lowest BCUT2D eigenvalue weighted by atomic mass is 9.96. The highest BCUT2D eigenvalue weighted by Crippen LogP contribution is 2.28. The van der Waals surface area contributed by atoms with E-state index in [1.165, 1.54) is 30.1 Å². The lowest BCUT2D eigenvalue weighted by Gasteiger charge is -2.28. The van der Waals surface area contributed by atoms with Gasteiger partial charge in [-0.05, 0) is 38.9 Å². The first-order valence-corrected chi connectivity index (χ1v) is 7.93. The summed E-state index contributed by atoms with van der Waals surface area (Å²) in [7, 11) is 2.21. The number of likely N-dealkylation sites (N-methyl/N-ethyl adjacent to an activating group) is 1. The van der Waals surface area contributed by atoms with Gasteiger partial charge in [-0.25, -0.2) is 4.98 Å². The first kappa shape index (κ1) is 14.0. The average molecular weight is 267 g/mol. The van der Waals surface area contributed by atoms with Crippen LogP contribution in [0.1, 0.15) is 42.8 Å². The summed E-state index contributed by atoms with van der Waals surface area (Å²) in [5.41, 5.74) is 7.08. The maximum absolute atomic E-state index is 5.77. The number of thiazole rings is 1. The fourth-order valence-corrected chi connectivity index (χ4v) is 3.65. The molecule has 0 bridgehead atoms. The topological polar surface area (TPSA) is 42.1 Å². The average Bonchev–Trinajstić information content (AvgIpc) is 2.84. The van der Waals surface area contributed by atoms with E-state index in [0.29, 0.717) is 11.8 Å². The molecular formula is C14H25N3S. The normalized spacial score (nSPS) is 23.2. The van der Waals surface area contributed by atoms with Crippen molar-refractivity contribution in [3.63, 3.8) is 0 Å². The zero-order chi connectivity index (χ0) is 13.0. The molecule has 0 aliphatic carbocycles. The van der Waals surface area contributed by atoms with Crippen LogP contribution in [0.2, 0.25) is 0 Å². The van der Waals surface area contributed by atoms with Crippen LogP contribution in [0, 0.1) is 5.92 Å². The summed E-state index contributed by atoms with van der Waals surface area (Å²) >= 11 is 1.82. The Balaban J connectivity index is 1.96. The molecule has 3 nitrogen and oxygen atoms in total. The van der Waals surface area contributed by atoms with E-state index in [1.54, 1.807) is 0 Å². The van der Waals surface area contributed by atoms with Crippen LogP contribution in [0.5, 0.6) is 0 Å². The van der Waals surface area contributed by atoms with E-state index < -0.39 is 0 Å². The molecule has 4 heteroatoms. The van der Waals surface area contributed by atoms with E-state index in [2.05, 4.69) is 24.3 Å². The van der Waals surface area contributed by atoms with E-state index in [9.17, 15) is 0 Å². The van der Waals surface area contributed by atoms with E-state index in [-0.39, 0.29) is 0 Å². The first-order valence-electron chi connectivity index (χ1n) is 7.05. The molecule has 2 unspecified atom stereocenters. The summed E-state index contributed by atoms with van der Waals surface area (Å²) < 4.78 is 0. The van der Waals surface area contributed by atoms with Gasteiger partial charge in [0.1, 0.15) is 0 Å². The van der Waals surface area contributed by atoms with Gasteiger partial charge in [-0.1, -0.05) is 13.3 Å². The number of nitrogens with zero attached hydrogens (tertiary/aromatic N) is 2. The number of nitrogens with two attached hydrogens (primary N) is 1. The van der Waals surface area contributed by atoms with Gasteiger partial charge in [-0.15, -0.1) is 11.3 Å². The highest BCUT2D eigenvalue weighted by Gasteiger charge is 2.21. The molecule has 102 valence electrons. The molecule has 2 atom stereocenters. The predicted octanol–water partition coefficient (Wildman–Crippen LogP) is 2.48. The minimum absolute atomic E-state index is 0.595. The van der Waals surface area contributed by atoms with Crippen molar-refractivity contribution >= 4 is 11.3 Å². The molecule has 1 aromatic rings. The third-order valence-corrected chi connectivity index (χ3v) is 4.88. The highest BCUT2D eigenvalue weighted by atomic mass is 32.1. The monoisotopic (exact) mass is 267 g/mol. The Morgan fingerprint density at radius 2 is 2.44 bits per heavy atom. The maximum atomic E-state index is 5.77. The lowest BCUT2D eigenvalue weighted by Crippen LogP contribution is -2.30. The lowest BCUT2D eigenvalue weighted by molar-refractivity contribution is 0.248. The maximum Gasteiger partial charge on any atom is 0.0931 e. The van der Waals surface area contributed by atoms with E-state index in [4.69, 9.17) is 10.7 Å². The molecule has 1 aliphatic rings. The van der Waals surface area contributed by atoms with Crippen LogP contribution >= 0.6 is 11.3 Å². The molecule has 2 heterocycles. The molecule has 0 amide bonds. The van der Waals surface area contributed by atoms with Gasteiger partial charge in [0.2, 0.25) is 0 Å². The molecule has 18 heavy (non-hydrogen) atoms. The molecule has 2 N–H and O–H groups in total. The van der Waals surface area contributed by atoms with Crippen molar-refractivity contribution in [3.05, 3.63) is 16.1 Å². The van der Waals surface area contributed by atoms with Crippen molar-refractivity contribution in [1.29, 1.82) is 0 Å². The number of hydrogen-bond acceptors (Lipinski definition) is 4. The van der Waals surface area contributed by atoms with Crippen molar-refractivity contribution in [3.8, 4) is 0 Å². The Labute approximate surface area is 114 Å². The summed E-state index contributed by atoms with van der Waals surface area (Å²) in [6.07, 6.45) is 4.80. The largest absolute Gasteiger partial charge is 0.330 e. The summed E-state index contributed by atoms with van der Waals surface area (Å²) in [6.45, 7) is 5.38. The summed E-state index contributed by atoms with van der Waals surface area (Å²) in [5.74, 6) is 1.24. The van der Waals surface area contributed by atoms with Gasteiger partial charge in [0, 0.05) is 24.3 Å². The van der Waals surface area contributed by atoms with Gasteiger partial charge in [-0.2, -0.15) is 0 Å². The van der Waals surface area contributed by atoms with Gasteiger partial charge in [0.25, 0.3) is 0 Å². The fourth-order valence-electron chi connectivity index (χ4n) is 2.66. The van der Waals surface area contributed by atoms with Crippen molar-refractivity contribution in [1.82, 2.24) is 9.88 Å². The van der Waals surface area contributed by atoms with Gasteiger partial charge >= 0.3 is 0 Å². The van der Waals surface area contributed by atoms with Crippen molar-refractivity contribution in [2.45, 2.75) is 38.5 Å². The predicted molar refractivity (Wildman–Crippen MR) is 78.1 cm³/mol. The third kappa shape index (κ3) is 3.53. The SMILES string of the molecule is CCC(CN)Cc1nc(C2CCCN(C)C2)cs1. The summed E-state index contributed by atoms with van der Waals surface area (Å²) in [5, 5.41) is 3.54. The quantitative estimate of drug-likeness (QED) is 0.891. The van der Waals surface area contributed by atoms with Crippen LogP contribution in [0.4, 0.5) is 0 Å². The van der Waals surface area contributed by atoms with Crippen LogP contribution < -0.4 is 5.73 Å². The Hall–Kier alpha value is -0.450. The minimum atomic E-state index is 0.595. The molecule has 1 saturated heterocycles. The molecule has 1 fully saturated rings. The Bertz CT molecular complexity index is 360. The number of hydrogen-bond donors (Lipinski definition) is 1. The molecule has 0 spiro atoms. The highest BCUT2D eigenvalue weighted by molar-refractivity contribution is 7.09. The summed E-state index contributed by atoms with van der Waals surface area (Å²) in [4.78, 5) is 7.26. The second-order valence-electron chi connectivity index (χ2n) is 5.48. The van der Waals surface area contributed by atoms with Crippen LogP contribution in [0.15, 0.2) is 5.38 Å². The van der Waals surface area contributed by atoms with Crippen LogP contribution in [0.25, 0.3) is 0 Å². The fraction of sp³-hybridized carbons (Fsp3) is 0.786. The van der Waals surface area contributed by atoms with Gasteiger partial charge in [0.15, 0.2) is 0 Å². The standard InChI is InChI=1S/C14H25N3S/c1-3-11(8-15)7-14-16-13(10-18-14)12-5-4-6-17(2)9-12/h10-12H,3-9,15H2,1-2H3. The van der Waals surface area contributed by atoms with Crippen molar-refractivity contribution in [2.24, 2.45) is 11.7 Å². The molecule has 0 radical (unpaired) electrons. The molecule has 2 rings (SSSR count). The van der Waals surface area contributed by atoms with Crippen molar-refractivity contribution in [2.75, 3.05) is 26.7 Å². The molecule has 0 aromatic carbocycles. The molecule has 0 saturated carbocycles. The van der Waals surface area contributed by atoms with E-state index in [0.717, 1.165) is 25.9 Å². The third-order valence-electron chi connectivity index (χ3n) is 3.99. The van der Waals surface area contributed by atoms with Crippen LogP contribution in [-0.4, -0.2) is 36.6 Å². The van der Waals surface area contributed by atoms with Crippen LogP contribution in [0.3, 0.4) is 0 Å². The zero-order valence-electron chi connectivity index (χ0n) is 11.6. The van der Waals surface area contributed by atoms with Gasteiger partial charge < -0.3 is 10.6 Å². The van der Waals surface area contributed by atoms with Gasteiger partial charge in [0.05, 0.1) is 10.7 Å². The van der Waals surface area contributed by atoms with Crippen LogP contribution in [-0.2, 0) is 6.42 Å². The summed E-state index contributed by atoms with van der Waals surface area (Å²) in [6, 6.07) is 0. The minimum Gasteiger partial charge on any atom is -0.330 e. The number of rotatable bonds is 5. The number of aromatic nitrogens is 1. The zero-order valence-corrected chi connectivity index (χ0v) is 12.4. The van der Waals surface area contributed by atoms with Gasteiger partial charge in [-0.3, -0.25) is 0 Å². The Morgan fingerprint density at radius 3 is 3.11 bits per heavy atom. The molecule has 1 aliphatic heterocycles. The second-order valence-corrected chi connectivity index (χ2v) is 6.42. The number of likely N-dealkylation sites (tertiary alicyclic amines) is 1. The molecule has 1 aromatic heterocycles. The second kappa shape index (κ2) is 6.64. The Kier molecular flexibility index (Phi) is 5.15.